The van der Waals surface area contributed by atoms with Crippen molar-refractivity contribution in [2.45, 2.75) is 19.6 Å². The third-order valence-electron chi connectivity index (χ3n) is 3.37. The fraction of sp³-hybridized carbons (Fsp3) is 0.278. The number of amides is 1. The van der Waals surface area contributed by atoms with Gasteiger partial charge in [-0.2, -0.15) is 0 Å². The second kappa shape index (κ2) is 8.29. The summed E-state index contributed by atoms with van der Waals surface area (Å²) < 4.78 is 13.5. The molecule has 0 saturated carbocycles. The van der Waals surface area contributed by atoms with Crippen LogP contribution in [0.4, 0.5) is 10.1 Å². The van der Waals surface area contributed by atoms with E-state index in [4.69, 9.17) is 0 Å². The Morgan fingerprint density at radius 2 is 1.83 bits per heavy atom. The molecule has 0 aliphatic rings. The summed E-state index contributed by atoms with van der Waals surface area (Å²) in [4.78, 5) is 13.9. The lowest BCUT2D eigenvalue weighted by molar-refractivity contribution is -0.120. The predicted molar refractivity (Wildman–Crippen MR) is 88.6 cm³/mol. The molecule has 0 aliphatic carbocycles. The number of carbonyl (C=O) groups excluding carboxylic acids is 1. The number of hydrogen-bond acceptors (Lipinski definition) is 3. The van der Waals surface area contributed by atoms with E-state index in [-0.39, 0.29) is 24.8 Å². The summed E-state index contributed by atoms with van der Waals surface area (Å²) in [6.45, 7) is 2.26. The van der Waals surface area contributed by atoms with Crippen LogP contribution >= 0.6 is 0 Å². The van der Waals surface area contributed by atoms with Crippen LogP contribution in [0.15, 0.2) is 54.6 Å². The molecule has 0 aromatic heterocycles. The molecule has 5 heteroatoms. The number of nitrogens with zero attached hydrogens (tertiary/aromatic N) is 1. The average molecular weight is 316 g/mol. The van der Waals surface area contributed by atoms with Crippen molar-refractivity contribution in [1.29, 1.82) is 0 Å². The largest absolute Gasteiger partial charge is 0.392 e. The van der Waals surface area contributed by atoms with E-state index in [9.17, 15) is 14.3 Å². The molecule has 2 rings (SSSR count). The molecule has 2 aromatic rings. The zero-order valence-corrected chi connectivity index (χ0v) is 13.1. The summed E-state index contributed by atoms with van der Waals surface area (Å²) in [6.07, 6.45) is -0.561. The number of hydrogen-bond donors (Lipinski definition) is 2. The summed E-state index contributed by atoms with van der Waals surface area (Å²) in [6, 6.07) is 15.8. The average Bonchev–Trinajstić information content (AvgIpc) is 2.54. The first-order valence-corrected chi connectivity index (χ1v) is 7.54. The van der Waals surface area contributed by atoms with Crippen molar-refractivity contribution in [3.05, 3.63) is 66.0 Å². The smallest absolute Gasteiger partial charge is 0.239 e. The number of rotatable bonds is 7. The van der Waals surface area contributed by atoms with Gasteiger partial charge in [-0.15, -0.1) is 0 Å². The van der Waals surface area contributed by atoms with E-state index >= 15 is 0 Å². The van der Waals surface area contributed by atoms with E-state index in [0.717, 1.165) is 5.69 Å². The molecule has 2 N–H and O–H groups in total. The van der Waals surface area contributed by atoms with Gasteiger partial charge in [-0.25, -0.2) is 4.39 Å². The zero-order chi connectivity index (χ0) is 16.7. The van der Waals surface area contributed by atoms with Gasteiger partial charge in [0.2, 0.25) is 5.91 Å². The van der Waals surface area contributed by atoms with Gasteiger partial charge < -0.3 is 15.3 Å². The number of aliphatic hydroxyl groups is 1. The highest BCUT2D eigenvalue weighted by molar-refractivity contribution is 5.81. The molecule has 1 atom stereocenters. The van der Waals surface area contributed by atoms with Gasteiger partial charge in [0.05, 0.1) is 12.6 Å². The first kappa shape index (κ1) is 17.0. The van der Waals surface area contributed by atoms with Gasteiger partial charge in [-0.3, -0.25) is 4.79 Å². The van der Waals surface area contributed by atoms with E-state index in [2.05, 4.69) is 5.32 Å². The Kier molecular flexibility index (Phi) is 6.11. The number of benzene rings is 2. The highest BCUT2D eigenvalue weighted by Gasteiger charge is 2.14. The molecule has 0 saturated heterocycles. The lowest BCUT2D eigenvalue weighted by Crippen LogP contribution is -2.40. The van der Waals surface area contributed by atoms with Gasteiger partial charge in [0.25, 0.3) is 0 Å². The molecular weight excluding hydrogens is 295 g/mol. The Bertz CT molecular complexity index is 632. The van der Waals surface area contributed by atoms with E-state index < -0.39 is 6.10 Å². The standard InChI is InChI=1S/C18H21FN2O2/c1-14(22)12-21(16-8-3-2-4-9-16)13-18(23)20-11-15-7-5-6-10-17(15)19/h2-10,14,22H,11-13H2,1H3,(H,20,23)/t14-/m0/s1. The molecule has 0 aliphatic heterocycles. The Labute approximate surface area is 135 Å². The van der Waals surface area contributed by atoms with Crippen LogP contribution in [0.5, 0.6) is 0 Å². The topological polar surface area (TPSA) is 52.6 Å². The van der Waals surface area contributed by atoms with Crippen LogP contribution in [0, 0.1) is 5.82 Å². The van der Waals surface area contributed by atoms with Crippen molar-refractivity contribution in [2.75, 3.05) is 18.0 Å². The zero-order valence-electron chi connectivity index (χ0n) is 13.1. The number of nitrogens with one attached hydrogen (secondary N) is 1. The Morgan fingerprint density at radius 1 is 1.17 bits per heavy atom. The minimum Gasteiger partial charge on any atom is -0.392 e. The number of halogens is 1. The first-order chi connectivity index (χ1) is 11.1. The van der Waals surface area contributed by atoms with E-state index in [1.54, 1.807) is 30.0 Å². The summed E-state index contributed by atoms with van der Waals surface area (Å²) in [7, 11) is 0. The van der Waals surface area contributed by atoms with Gasteiger partial charge in [0, 0.05) is 24.3 Å². The molecule has 122 valence electrons. The van der Waals surface area contributed by atoms with Crippen LogP contribution < -0.4 is 10.2 Å². The fourth-order valence-corrected chi connectivity index (χ4v) is 2.28. The fourth-order valence-electron chi connectivity index (χ4n) is 2.28. The predicted octanol–water partition coefficient (Wildman–Crippen LogP) is 2.33. The van der Waals surface area contributed by atoms with E-state index in [1.165, 1.54) is 6.07 Å². The molecule has 0 spiro atoms. The van der Waals surface area contributed by atoms with Gasteiger partial charge in [0.15, 0.2) is 0 Å². The van der Waals surface area contributed by atoms with E-state index in [1.807, 2.05) is 30.3 Å². The number of para-hydroxylation sites is 1. The normalized spacial score (nSPS) is 11.8. The molecule has 2 aromatic carbocycles. The number of carbonyl (C=O) groups is 1. The molecule has 0 radical (unpaired) electrons. The first-order valence-electron chi connectivity index (χ1n) is 7.54. The van der Waals surface area contributed by atoms with Crippen molar-refractivity contribution < 1.29 is 14.3 Å². The summed E-state index contributed by atoms with van der Waals surface area (Å²) >= 11 is 0. The summed E-state index contributed by atoms with van der Waals surface area (Å²) in [5, 5.41) is 12.3. The molecule has 4 nitrogen and oxygen atoms in total. The highest BCUT2D eigenvalue weighted by Crippen LogP contribution is 2.13. The van der Waals surface area contributed by atoms with Gasteiger partial charge in [-0.1, -0.05) is 36.4 Å². The molecule has 1 amide bonds. The third-order valence-corrected chi connectivity index (χ3v) is 3.37. The second-order valence-electron chi connectivity index (χ2n) is 5.43. The number of aliphatic hydroxyl groups excluding tert-OH is 1. The molecule has 23 heavy (non-hydrogen) atoms. The Morgan fingerprint density at radius 3 is 2.48 bits per heavy atom. The lowest BCUT2D eigenvalue weighted by atomic mass is 10.2. The van der Waals surface area contributed by atoms with Gasteiger partial charge >= 0.3 is 0 Å². The molecule has 0 bridgehead atoms. The maximum absolute atomic E-state index is 13.5. The van der Waals surface area contributed by atoms with Crippen LogP contribution in [0.3, 0.4) is 0 Å². The minimum absolute atomic E-state index is 0.101. The van der Waals surface area contributed by atoms with Crippen molar-refractivity contribution in [3.8, 4) is 0 Å². The Hall–Kier alpha value is -2.40. The number of anilines is 1. The second-order valence-corrected chi connectivity index (χ2v) is 5.43. The molecular formula is C18H21FN2O2. The van der Waals surface area contributed by atoms with Crippen molar-refractivity contribution in [1.82, 2.24) is 5.32 Å². The summed E-state index contributed by atoms with van der Waals surface area (Å²) in [5.41, 5.74) is 1.30. The highest BCUT2D eigenvalue weighted by atomic mass is 19.1. The quantitative estimate of drug-likeness (QED) is 0.824. The minimum atomic E-state index is -0.561. The van der Waals surface area contributed by atoms with Crippen molar-refractivity contribution >= 4 is 11.6 Å². The third kappa shape index (κ3) is 5.38. The molecule has 0 unspecified atom stereocenters. The van der Waals surface area contributed by atoms with Gasteiger partial charge in [0.1, 0.15) is 5.82 Å². The maximum Gasteiger partial charge on any atom is 0.239 e. The maximum atomic E-state index is 13.5. The monoisotopic (exact) mass is 316 g/mol. The molecule has 0 heterocycles. The van der Waals surface area contributed by atoms with Crippen LogP contribution in [0.25, 0.3) is 0 Å². The van der Waals surface area contributed by atoms with Crippen molar-refractivity contribution in [2.24, 2.45) is 0 Å². The lowest BCUT2D eigenvalue weighted by Gasteiger charge is -2.25. The Balaban J connectivity index is 1.96. The SMILES string of the molecule is C[C@H](O)CN(CC(=O)NCc1ccccc1F)c1ccccc1. The van der Waals surface area contributed by atoms with Crippen LogP contribution in [-0.4, -0.2) is 30.2 Å². The molecule has 0 fully saturated rings. The van der Waals surface area contributed by atoms with Crippen LogP contribution in [0.1, 0.15) is 12.5 Å². The van der Waals surface area contributed by atoms with E-state index in [0.29, 0.717) is 12.1 Å². The van der Waals surface area contributed by atoms with Crippen LogP contribution in [-0.2, 0) is 11.3 Å². The van der Waals surface area contributed by atoms with Gasteiger partial charge in [-0.05, 0) is 25.1 Å². The summed E-state index contributed by atoms with van der Waals surface area (Å²) in [5.74, 6) is -0.561. The van der Waals surface area contributed by atoms with Crippen LogP contribution in [0.2, 0.25) is 0 Å². The van der Waals surface area contributed by atoms with Crippen molar-refractivity contribution in [3.63, 3.8) is 0 Å².